The summed E-state index contributed by atoms with van der Waals surface area (Å²) in [6.45, 7) is 11.5. The highest BCUT2D eigenvalue weighted by atomic mass is 16.4. The average molecular weight is 307 g/mol. The first-order valence-corrected chi connectivity index (χ1v) is 8.22. The third-order valence-electron chi connectivity index (χ3n) is 4.09. The van der Waals surface area contributed by atoms with E-state index in [4.69, 9.17) is 4.42 Å². The molecule has 124 valence electrons. The van der Waals surface area contributed by atoms with Gasteiger partial charge in [-0.25, -0.2) is 4.99 Å². The van der Waals surface area contributed by atoms with Crippen LogP contribution in [0.2, 0.25) is 0 Å². The van der Waals surface area contributed by atoms with E-state index in [0.717, 1.165) is 25.6 Å². The zero-order valence-electron chi connectivity index (χ0n) is 14.2. The first-order chi connectivity index (χ1) is 10.4. The van der Waals surface area contributed by atoms with Crippen molar-refractivity contribution >= 4 is 5.96 Å². The van der Waals surface area contributed by atoms with Crippen molar-refractivity contribution in [3.8, 4) is 0 Å². The third-order valence-corrected chi connectivity index (χ3v) is 4.09. The van der Waals surface area contributed by atoms with Gasteiger partial charge in [0.25, 0.3) is 0 Å². The number of aliphatic hydroxyl groups is 1. The Morgan fingerprint density at radius 2 is 2.14 bits per heavy atom. The first-order valence-electron chi connectivity index (χ1n) is 8.22. The van der Waals surface area contributed by atoms with Crippen molar-refractivity contribution in [1.29, 1.82) is 0 Å². The SMILES string of the molecule is CCNC(=NCC(C)(O)c1ccco1)N1CC(C)CC(C)C1. The van der Waals surface area contributed by atoms with E-state index in [9.17, 15) is 5.11 Å². The normalized spacial score (nSPS) is 25.9. The summed E-state index contributed by atoms with van der Waals surface area (Å²) in [5, 5.41) is 13.9. The van der Waals surface area contributed by atoms with Crippen LogP contribution in [0.1, 0.15) is 39.9 Å². The maximum atomic E-state index is 10.5. The molecule has 1 aromatic heterocycles. The molecule has 0 aromatic carbocycles. The van der Waals surface area contributed by atoms with Gasteiger partial charge in [-0.1, -0.05) is 13.8 Å². The van der Waals surface area contributed by atoms with Gasteiger partial charge in [0.15, 0.2) is 5.96 Å². The molecule has 1 aliphatic heterocycles. The Morgan fingerprint density at radius 1 is 1.45 bits per heavy atom. The predicted molar refractivity (Wildman–Crippen MR) is 88.8 cm³/mol. The van der Waals surface area contributed by atoms with Crippen molar-refractivity contribution in [3.63, 3.8) is 0 Å². The van der Waals surface area contributed by atoms with Gasteiger partial charge in [-0.2, -0.15) is 0 Å². The van der Waals surface area contributed by atoms with Gasteiger partial charge in [-0.3, -0.25) is 0 Å². The lowest BCUT2D eigenvalue weighted by Crippen LogP contribution is -2.49. The van der Waals surface area contributed by atoms with Gasteiger partial charge in [0.2, 0.25) is 0 Å². The van der Waals surface area contributed by atoms with Crippen molar-refractivity contribution < 1.29 is 9.52 Å². The highest BCUT2D eigenvalue weighted by Gasteiger charge is 2.28. The smallest absolute Gasteiger partial charge is 0.194 e. The van der Waals surface area contributed by atoms with Crippen molar-refractivity contribution in [2.75, 3.05) is 26.2 Å². The van der Waals surface area contributed by atoms with Crippen LogP contribution in [-0.4, -0.2) is 42.1 Å². The molecule has 0 spiro atoms. The van der Waals surface area contributed by atoms with Gasteiger partial charge in [0.1, 0.15) is 11.4 Å². The summed E-state index contributed by atoms with van der Waals surface area (Å²) in [4.78, 5) is 6.96. The molecule has 0 amide bonds. The summed E-state index contributed by atoms with van der Waals surface area (Å²) in [6.07, 6.45) is 2.84. The zero-order valence-corrected chi connectivity index (χ0v) is 14.2. The largest absolute Gasteiger partial charge is 0.466 e. The van der Waals surface area contributed by atoms with E-state index in [-0.39, 0.29) is 6.54 Å². The Kier molecular flexibility index (Phi) is 5.51. The van der Waals surface area contributed by atoms with Gasteiger partial charge < -0.3 is 19.7 Å². The van der Waals surface area contributed by atoms with E-state index in [1.165, 1.54) is 6.42 Å². The summed E-state index contributed by atoms with van der Waals surface area (Å²) < 4.78 is 5.32. The maximum Gasteiger partial charge on any atom is 0.194 e. The minimum atomic E-state index is -1.09. The van der Waals surface area contributed by atoms with Crippen LogP contribution in [0.4, 0.5) is 0 Å². The van der Waals surface area contributed by atoms with Crippen molar-refractivity contribution in [2.24, 2.45) is 16.8 Å². The molecule has 22 heavy (non-hydrogen) atoms. The Labute approximate surface area is 133 Å². The summed E-state index contributed by atoms with van der Waals surface area (Å²) >= 11 is 0. The molecule has 5 heteroatoms. The monoisotopic (exact) mass is 307 g/mol. The fourth-order valence-electron chi connectivity index (χ4n) is 3.15. The molecule has 2 heterocycles. The van der Waals surface area contributed by atoms with Crippen LogP contribution in [0.25, 0.3) is 0 Å². The van der Waals surface area contributed by atoms with Gasteiger partial charge in [-0.15, -0.1) is 0 Å². The fourth-order valence-corrected chi connectivity index (χ4v) is 3.15. The first kappa shape index (κ1) is 16.9. The molecular weight excluding hydrogens is 278 g/mol. The van der Waals surface area contributed by atoms with E-state index < -0.39 is 5.60 Å². The molecule has 1 aromatic rings. The molecule has 0 saturated carbocycles. The molecular formula is C17H29N3O2. The molecule has 0 bridgehead atoms. The van der Waals surface area contributed by atoms with Crippen molar-refractivity contribution in [3.05, 3.63) is 24.2 Å². The average Bonchev–Trinajstić information content (AvgIpc) is 2.97. The summed E-state index contributed by atoms with van der Waals surface area (Å²) in [7, 11) is 0. The quantitative estimate of drug-likeness (QED) is 0.662. The van der Waals surface area contributed by atoms with Crippen LogP contribution in [0.15, 0.2) is 27.8 Å². The lowest BCUT2D eigenvalue weighted by atomic mass is 9.92. The second kappa shape index (κ2) is 7.18. The Morgan fingerprint density at radius 3 is 2.68 bits per heavy atom. The second-order valence-corrected chi connectivity index (χ2v) is 6.77. The maximum absolute atomic E-state index is 10.5. The molecule has 2 rings (SSSR count). The molecule has 1 saturated heterocycles. The number of aliphatic imine (C=N–C) groups is 1. The number of hydrogen-bond donors (Lipinski definition) is 2. The molecule has 0 aliphatic carbocycles. The number of rotatable bonds is 4. The van der Waals surface area contributed by atoms with Crippen molar-refractivity contribution in [1.82, 2.24) is 10.2 Å². The highest BCUT2D eigenvalue weighted by molar-refractivity contribution is 5.80. The number of nitrogens with one attached hydrogen (secondary N) is 1. The minimum absolute atomic E-state index is 0.280. The third kappa shape index (κ3) is 4.26. The van der Waals surface area contributed by atoms with Crippen LogP contribution in [-0.2, 0) is 5.60 Å². The number of furan rings is 1. The summed E-state index contributed by atoms with van der Waals surface area (Å²) in [5.41, 5.74) is -1.09. The highest BCUT2D eigenvalue weighted by Crippen LogP contribution is 2.23. The Hall–Kier alpha value is -1.49. The number of likely N-dealkylation sites (tertiary alicyclic amines) is 1. The number of piperidine rings is 1. The number of hydrogen-bond acceptors (Lipinski definition) is 3. The molecule has 3 unspecified atom stereocenters. The van der Waals surface area contributed by atoms with Gasteiger partial charge in [0, 0.05) is 19.6 Å². The summed E-state index contributed by atoms with van der Waals surface area (Å²) in [5.74, 6) is 2.76. The van der Waals surface area contributed by atoms with Crippen LogP contribution < -0.4 is 5.32 Å². The Balaban J connectivity index is 2.09. The van der Waals surface area contributed by atoms with E-state index in [1.807, 2.05) is 0 Å². The van der Waals surface area contributed by atoms with E-state index in [1.54, 1.807) is 25.3 Å². The molecule has 2 N–H and O–H groups in total. The van der Waals surface area contributed by atoms with Gasteiger partial charge >= 0.3 is 0 Å². The topological polar surface area (TPSA) is 61.0 Å². The predicted octanol–water partition coefficient (Wildman–Crippen LogP) is 2.43. The lowest BCUT2D eigenvalue weighted by Gasteiger charge is -2.37. The molecule has 0 radical (unpaired) electrons. The number of nitrogens with zero attached hydrogens (tertiary/aromatic N) is 2. The van der Waals surface area contributed by atoms with E-state index in [2.05, 4.69) is 36.0 Å². The molecule has 1 fully saturated rings. The van der Waals surface area contributed by atoms with E-state index >= 15 is 0 Å². The van der Waals surface area contributed by atoms with Crippen molar-refractivity contribution in [2.45, 2.75) is 39.7 Å². The minimum Gasteiger partial charge on any atom is -0.466 e. The van der Waals surface area contributed by atoms with Crippen LogP contribution in [0, 0.1) is 11.8 Å². The molecule has 1 aliphatic rings. The second-order valence-electron chi connectivity index (χ2n) is 6.77. The van der Waals surface area contributed by atoms with E-state index in [0.29, 0.717) is 17.6 Å². The van der Waals surface area contributed by atoms with Crippen LogP contribution >= 0.6 is 0 Å². The van der Waals surface area contributed by atoms with Gasteiger partial charge in [0.05, 0.1) is 12.8 Å². The Bertz CT molecular complexity index is 472. The molecule has 3 atom stereocenters. The van der Waals surface area contributed by atoms with Crippen LogP contribution in [0.3, 0.4) is 0 Å². The summed E-state index contributed by atoms with van der Waals surface area (Å²) in [6, 6.07) is 3.57. The molecule has 5 nitrogen and oxygen atoms in total. The van der Waals surface area contributed by atoms with Gasteiger partial charge in [-0.05, 0) is 44.2 Å². The van der Waals surface area contributed by atoms with Crippen LogP contribution in [0.5, 0.6) is 0 Å². The standard InChI is InChI=1S/C17H29N3O2/c1-5-18-16(20-10-13(2)9-14(3)11-20)19-12-17(4,21)15-7-6-8-22-15/h6-8,13-14,21H,5,9-12H2,1-4H3,(H,18,19). The fraction of sp³-hybridized carbons (Fsp3) is 0.706. The number of guanidine groups is 1. The zero-order chi connectivity index (χ0) is 16.2. The lowest BCUT2D eigenvalue weighted by molar-refractivity contribution is 0.0433.